The van der Waals surface area contributed by atoms with E-state index >= 15 is 0 Å². The van der Waals surface area contributed by atoms with Crippen molar-refractivity contribution in [1.29, 1.82) is 0 Å². The first kappa shape index (κ1) is 15.3. The molecule has 0 radical (unpaired) electrons. The van der Waals surface area contributed by atoms with Gasteiger partial charge < -0.3 is 4.74 Å². The van der Waals surface area contributed by atoms with Crippen molar-refractivity contribution in [3.8, 4) is 5.88 Å². The number of hydrogen-bond donors (Lipinski definition) is 0. The standard InChI is InChI=1S/C17H19N3O3S/c1-12-13(7-10-17(18-12)23-2)11-19-15-5-3-4-6-16(15)20(14-8-9-14)24(19,21)22/h3-7,10,14H,8-9,11H2,1-2H3. The molecule has 1 fully saturated rings. The minimum Gasteiger partial charge on any atom is -0.481 e. The van der Waals surface area contributed by atoms with Crippen molar-refractivity contribution in [2.45, 2.75) is 32.4 Å². The van der Waals surface area contributed by atoms with Crippen molar-refractivity contribution in [3.05, 3.63) is 47.7 Å². The van der Waals surface area contributed by atoms with Gasteiger partial charge in [0.2, 0.25) is 5.88 Å². The molecule has 1 saturated carbocycles. The largest absolute Gasteiger partial charge is 0.481 e. The van der Waals surface area contributed by atoms with E-state index in [0.717, 1.165) is 35.5 Å². The zero-order valence-electron chi connectivity index (χ0n) is 13.6. The Balaban J connectivity index is 1.75. The molecule has 0 bridgehead atoms. The molecule has 0 amide bonds. The molecule has 2 aliphatic rings. The molecule has 1 aliphatic carbocycles. The summed E-state index contributed by atoms with van der Waals surface area (Å²) in [6.07, 6.45) is 1.84. The van der Waals surface area contributed by atoms with Crippen molar-refractivity contribution in [1.82, 2.24) is 4.98 Å². The zero-order chi connectivity index (χ0) is 16.9. The average molecular weight is 345 g/mol. The molecule has 0 spiro atoms. The maximum Gasteiger partial charge on any atom is 0.327 e. The lowest BCUT2D eigenvalue weighted by Gasteiger charge is -2.22. The fraction of sp³-hybridized carbons (Fsp3) is 0.353. The molecule has 0 N–H and O–H groups in total. The third kappa shape index (κ3) is 2.31. The van der Waals surface area contributed by atoms with Crippen molar-refractivity contribution >= 4 is 21.6 Å². The van der Waals surface area contributed by atoms with Gasteiger partial charge in [0, 0.05) is 17.8 Å². The van der Waals surface area contributed by atoms with Gasteiger partial charge in [-0.25, -0.2) is 13.6 Å². The molecule has 126 valence electrons. The third-order valence-electron chi connectivity index (χ3n) is 4.49. The van der Waals surface area contributed by atoms with E-state index < -0.39 is 10.2 Å². The van der Waals surface area contributed by atoms with Crippen LogP contribution in [0.5, 0.6) is 5.88 Å². The van der Waals surface area contributed by atoms with Crippen LogP contribution < -0.4 is 13.3 Å². The first-order chi connectivity index (χ1) is 11.5. The number of rotatable bonds is 4. The SMILES string of the molecule is COc1ccc(CN2c3ccccc3N(C3CC3)S2(=O)=O)c(C)n1. The summed E-state index contributed by atoms with van der Waals surface area (Å²) >= 11 is 0. The van der Waals surface area contributed by atoms with Crippen LogP contribution in [0.4, 0.5) is 11.4 Å². The number of nitrogens with zero attached hydrogens (tertiary/aromatic N) is 3. The lowest BCUT2D eigenvalue weighted by molar-refractivity contribution is 0.396. The number of anilines is 2. The minimum atomic E-state index is -3.55. The van der Waals surface area contributed by atoms with Crippen LogP contribution in [0.15, 0.2) is 36.4 Å². The Labute approximate surface area is 141 Å². The Bertz CT molecular complexity index is 894. The molecular formula is C17H19N3O3S. The number of aryl methyl sites for hydroxylation is 1. The van der Waals surface area contributed by atoms with Gasteiger partial charge in [0.15, 0.2) is 0 Å². The highest BCUT2D eigenvalue weighted by Crippen LogP contribution is 2.47. The van der Waals surface area contributed by atoms with Crippen LogP contribution >= 0.6 is 0 Å². The average Bonchev–Trinajstić information content (AvgIpc) is 3.35. The van der Waals surface area contributed by atoms with Gasteiger partial charge in [-0.05, 0) is 37.5 Å². The summed E-state index contributed by atoms with van der Waals surface area (Å²) in [6.45, 7) is 2.14. The molecule has 2 aromatic rings. The summed E-state index contributed by atoms with van der Waals surface area (Å²) in [5.41, 5.74) is 3.15. The van der Waals surface area contributed by atoms with Crippen LogP contribution in [0.25, 0.3) is 0 Å². The fourth-order valence-electron chi connectivity index (χ4n) is 3.08. The first-order valence-electron chi connectivity index (χ1n) is 7.94. The predicted molar refractivity (Wildman–Crippen MR) is 92.6 cm³/mol. The summed E-state index contributed by atoms with van der Waals surface area (Å²) in [7, 11) is -1.98. The topological polar surface area (TPSA) is 62.7 Å². The van der Waals surface area contributed by atoms with Gasteiger partial charge >= 0.3 is 10.2 Å². The van der Waals surface area contributed by atoms with Crippen LogP contribution in [-0.2, 0) is 16.8 Å². The molecule has 24 heavy (non-hydrogen) atoms. The Morgan fingerprint density at radius 1 is 1.17 bits per heavy atom. The molecule has 1 aromatic heterocycles. The van der Waals surface area contributed by atoms with Crippen molar-refractivity contribution in [2.24, 2.45) is 0 Å². The third-order valence-corrected chi connectivity index (χ3v) is 6.36. The summed E-state index contributed by atoms with van der Waals surface area (Å²) in [4.78, 5) is 4.35. The van der Waals surface area contributed by atoms with Crippen LogP contribution in [-0.4, -0.2) is 26.6 Å². The van der Waals surface area contributed by atoms with Crippen LogP contribution in [0.3, 0.4) is 0 Å². The van der Waals surface area contributed by atoms with E-state index in [4.69, 9.17) is 4.74 Å². The Kier molecular flexibility index (Phi) is 3.42. The molecule has 2 heterocycles. The van der Waals surface area contributed by atoms with Crippen LogP contribution in [0.1, 0.15) is 24.1 Å². The van der Waals surface area contributed by atoms with Gasteiger partial charge in [0.05, 0.1) is 25.0 Å². The van der Waals surface area contributed by atoms with E-state index in [2.05, 4.69) is 4.98 Å². The van der Waals surface area contributed by atoms with E-state index in [1.165, 1.54) is 4.31 Å². The quantitative estimate of drug-likeness (QED) is 0.855. The second-order valence-corrected chi connectivity index (χ2v) is 7.86. The molecule has 0 saturated heterocycles. The lowest BCUT2D eigenvalue weighted by atomic mass is 10.2. The minimum absolute atomic E-state index is 0.0937. The van der Waals surface area contributed by atoms with E-state index in [9.17, 15) is 8.42 Å². The van der Waals surface area contributed by atoms with Gasteiger partial charge in [0.25, 0.3) is 0 Å². The van der Waals surface area contributed by atoms with Crippen LogP contribution in [0, 0.1) is 6.92 Å². The summed E-state index contributed by atoms with van der Waals surface area (Å²) in [5, 5.41) is 0. The van der Waals surface area contributed by atoms with Gasteiger partial charge in [-0.3, -0.25) is 0 Å². The maximum atomic E-state index is 13.1. The molecule has 0 atom stereocenters. The van der Waals surface area contributed by atoms with Gasteiger partial charge in [-0.2, -0.15) is 8.42 Å². The Morgan fingerprint density at radius 2 is 1.88 bits per heavy atom. The summed E-state index contributed by atoms with van der Waals surface area (Å²) < 4.78 is 34.3. The number of methoxy groups -OCH3 is 1. The summed E-state index contributed by atoms with van der Waals surface area (Å²) in [6, 6.07) is 11.2. The monoisotopic (exact) mass is 345 g/mol. The molecular weight excluding hydrogens is 326 g/mol. The molecule has 7 heteroatoms. The maximum absolute atomic E-state index is 13.1. The number of benzene rings is 1. The highest BCUT2D eigenvalue weighted by atomic mass is 32.2. The van der Waals surface area contributed by atoms with Crippen molar-refractivity contribution in [2.75, 3.05) is 15.7 Å². The number of para-hydroxylation sites is 2. The highest BCUT2D eigenvalue weighted by Gasteiger charge is 2.47. The number of pyridine rings is 1. The van der Waals surface area contributed by atoms with E-state index in [1.54, 1.807) is 17.5 Å². The highest BCUT2D eigenvalue weighted by molar-refractivity contribution is 7.94. The molecule has 4 rings (SSSR count). The molecule has 0 unspecified atom stereocenters. The van der Waals surface area contributed by atoms with E-state index in [0.29, 0.717) is 5.88 Å². The normalized spacial score (nSPS) is 18.6. The molecule has 1 aromatic carbocycles. The summed E-state index contributed by atoms with van der Waals surface area (Å²) in [5.74, 6) is 0.528. The van der Waals surface area contributed by atoms with Crippen LogP contribution in [0.2, 0.25) is 0 Å². The Morgan fingerprint density at radius 3 is 2.50 bits per heavy atom. The predicted octanol–water partition coefficient (Wildman–Crippen LogP) is 2.63. The van der Waals surface area contributed by atoms with Crippen molar-refractivity contribution in [3.63, 3.8) is 0 Å². The van der Waals surface area contributed by atoms with Gasteiger partial charge in [-0.15, -0.1) is 0 Å². The number of aromatic nitrogens is 1. The fourth-order valence-corrected chi connectivity index (χ4v) is 4.99. The number of hydrogen-bond acceptors (Lipinski definition) is 4. The molecule has 6 nitrogen and oxygen atoms in total. The number of ether oxygens (including phenoxy) is 1. The second-order valence-electron chi connectivity index (χ2n) is 6.13. The Hall–Kier alpha value is -2.28. The van der Waals surface area contributed by atoms with E-state index in [1.807, 2.05) is 37.3 Å². The smallest absolute Gasteiger partial charge is 0.327 e. The lowest BCUT2D eigenvalue weighted by Crippen LogP contribution is -2.39. The second kappa shape index (κ2) is 5.37. The van der Waals surface area contributed by atoms with Gasteiger partial charge in [-0.1, -0.05) is 18.2 Å². The number of fused-ring (bicyclic) bond motifs is 1. The first-order valence-corrected chi connectivity index (χ1v) is 9.33. The van der Waals surface area contributed by atoms with E-state index in [-0.39, 0.29) is 12.6 Å². The van der Waals surface area contributed by atoms with Gasteiger partial charge in [0.1, 0.15) is 0 Å². The van der Waals surface area contributed by atoms with Crippen molar-refractivity contribution < 1.29 is 13.2 Å². The zero-order valence-corrected chi connectivity index (χ0v) is 14.5. The molecule has 1 aliphatic heterocycles.